The molecule has 3 heterocycles. The van der Waals surface area contributed by atoms with Crippen LogP contribution in [0.1, 0.15) is 44.6 Å². The lowest BCUT2D eigenvalue weighted by Gasteiger charge is -2.35. The van der Waals surface area contributed by atoms with Crippen molar-refractivity contribution in [2.45, 2.75) is 57.6 Å². The van der Waals surface area contributed by atoms with Crippen LogP contribution in [0, 0.1) is 0 Å². The molecule has 0 bridgehead atoms. The minimum atomic E-state index is -4.61. The van der Waals surface area contributed by atoms with Crippen LogP contribution < -0.4 is 0 Å². The van der Waals surface area contributed by atoms with Gasteiger partial charge in [0.15, 0.2) is 0 Å². The number of nitrogens with zero attached hydrogens (tertiary/aromatic N) is 4. The number of hydrogen-bond donors (Lipinski definition) is 1. The number of hydrogen-bond acceptors (Lipinski definition) is 5. The molecule has 1 N–H and O–H groups in total. The Morgan fingerprint density at radius 2 is 2.03 bits per heavy atom. The van der Waals surface area contributed by atoms with Gasteiger partial charge in [-0.2, -0.15) is 13.2 Å². The molecule has 0 aliphatic carbocycles. The van der Waals surface area contributed by atoms with Crippen LogP contribution in [-0.4, -0.2) is 62.1 Å². The van der Waals surface area contributed by atoms with Crippen molar-refractivity contribution in [1.29, 1.82) is 0 Å². The first kappa shape index (κ1) is 24.0. The Balaban J connectivity index is 1.84. The second-order valence-electron chi connectivity index (χ2n) is 8.67. The Morgan fingerprint density at radius 3 is 2.62 bits per heavy atom. The molecule has 0 radical (unpaired) electrons. The highest BCUT2D eigenvalue weighted by Gasteiger charge is 2.37. The molecule has 32 heavy (non-hydrogen) atoms. The van der Waals surface area contributed by atoms with Gasteiger partial charge in [0.05, 0.1) is 24.8 Å². The zero-order valence-corrected chi connectivity index (χ0v) is 18.1. The van der Waals surface area contributed by atoms with E-state index in [9.17, 15) is 23.1 Å². The minimum Gasteiger partial charge on any atom is -0.444 e. The number of carbonyl (C=O) groups excluding carboxylic acids is 1. The highest BCUT2D eigenvalue weighted by Crippen LogP contribution is 2.34. The molecule has 1 aliphatic heterocycles. The zero-order valence-electron chi connectivity index (χ0n) is 18.1. The van der Waals surface area contributed by atoms with E-state index in [2.05, 4.69) is 9.97 Å². The molecular formula is C21H26F4N4O3. The van der Waals surface area contributed by atoms with Gasteiger partial charge in [-0.1, -0.05) is 0 Å². The number of likely N-dealkylation sites (tertiary alicyclic amines) is 1. The van der Waals surface area contributed by atoms with Gasteiger partial charge >= 0.3 is 12.3 Å². The Kier molecular flexibility index (Phi) is 6.77. The second-order valence-corrected chi connectivity index (χ2v) is 8.67. The maximum Gasteiger partial charge on any atom is 0.433 e. The molecule has 1 fully saturated rings. The monoisotopic (exact) mass is 458 g/mol. The van der Waals surface area contributed by atoms with Crippen LogP contribution in [0.5, 0.6) is 0 Å². The van der Waals surface area contributed by atoms with Gasteiger partial charge in [0, 0.05) is 31.0 Å². The molecule has 2 atom stereocenters. The first-order valence-corrected chi connectivity index (χ1v) is 10.2. The van der Waals surface area contributed by atoms with E-state index in [4.69, 9.17) is 4.74 Å². The molecule has 2 aromatic rings. The summed E-state index contributed by atoms with van der Waals surface area (Å²) in [5.41, 5.74) is -1.34. The molecule has 7 nitrogen and oxygen atoms in total. The highest BCUT2D eigenvalue weighted by molar-refractivity contribution is 5.68. The number of aliphatic hydroxyl groups excluding tert-OH is 1. The molecule has 0 spiro atoms. The van der Waals surface area contributed by atoms with Crippen molar-refractivity contribution >= 4 is 6.09 Å². The van der Waals surface area contributed by atoms with Gasteiger partial charge in [0.2, 0.25) is 0 Å². The topological polar surface area (TPSA) is 80.5 Å². The molecule has 1 aliphatic rings. The molecule has 1 amide bonds. The fourth-order valence-corrected chi connectivity index (χ4v) is 3.58. The summed E-state index contributed by atoms with van der Waals surface area (Å²) in [6.07, 6.45) is -3.87. The van der Waals surface area contributed by atoms with Gasteiger partial charge in [-0.15, -0.1) is 0 Å². The number of aliphatic hydroxyl groups is 1. The molecule has 11 heteroatoms. The van der Waals surface area contributed by atoms with E-state index >= 15 is 4.39 Å². The summed E-state index contributed by atoms with van der Waals surface area (Å²) in [5.74, 6) is -0.367. The smallest absolute Gasteiger partial charge is 0.433 e. The largest absolute Gasteiger partial charge is 0.444 e. The van der Waals surface area contributed by atoms with E-state index in [0.29, 0.717) is 5.82 Å². The van der Waals surface area contributed by atoms with E-state index in [1.54, 1.807) is 25.3 Å². The lowest BCUT2D eigenvalue weighted by Crippen LogP contribution is -2.46. The molecule has 0 saturated carbocycles. The third-order valence-corrected chi connectivity index (χ3v) is 5.02. The summed E-state index contributed by atoms with van der Waals surface area (Å²) in [7, 11) is 0. The first-order chi connectivity index (χ1) is 14.9. The van der Waals surface area contributed by atoms with Crippen molar-refractivity contribution in [3.05, 3.63) is 36.0 Å². The lowest BCUT2D eigenvalue weighted by atomic mass is 9.94. The van der Waals surface area contributed by atoms with Gasteiger partial charge in [-0.25, -0.2) is 14.2 Å². The summed E-state index contributed by atoms with van der Waals surface area (Å²) in [6, 6.07) is 2.27. The number of aromatic nitrogens is 3. The van der Waals surface area contributed by atoms with Crippen molar-refractivity contribution < 1.29 is 32.2 Å². The van der Waals surface area contributed by atoms with E-state index in [1.807, 2.05) is 0 Å². The molecule has 2 aromatic heterocycles. The summed E-state index contributed by atoms with van der Waals surface area (Å²) >= 11 is 0. The van der Waals surface area contributed by atoms with Gasteiger partial charge in [0.1, 0.15) is 23.3 Å². The zero-order chi connectivity index (χ0) is 23.7. The molecule has 176 valence electrons. The lowest BCUT2D eigenvalue weighted by molar-refractivity contribution is -0.141. The number of halogens is 4. The SMILES string of the molecule is CC(C)(C)OC(=O)N1CC[C@H](c2nc(-c3ccnc(C(F)(F)F)c3)cn2CCO)[C@H](F)C1. The van der Waals surface area contributed by atoms with E-state index in [0.717, 1.165) is 12.3 Å². The van der Waals surface area contributed by atoms with Crippen molar-refractivity contribution in [1.82, 2.24) is 19.4 Å². The highest BCUT2D eigenvalue weighted by atomic mass is 19.4. The number of piperidine rings is 1. The van der Waals surface area contributed by atoms with Crippen molar-refractivity contribution in [2.24, 2.45) is 0 Å². The van der Waals surface area contributed by atoms with Crippen molar-refractivity contribution in [3.63, 3.8) is 0 Å². The summed E-state index contributed by atoms with van der Waals surface area (Å²) in [6.45, 7) is 5.09. The van der Waals surface area contributed by atoms with Crippen LogP contribution in [0.2, 0.25) is 0 Å². The maximum absolute atomic E-state index is 15.1. The van der Waals surface area contributed by atoms with E-state index in [1.165, 1.54) is 17.2 Å². The molecule has 3 rings (SSSR count). The molecule has 0 aromatic carbocycles. The molecular weight excluding hydrogens is 432 g/mol. The average Bonchev–Trinajstić information content (AvgIpc) is 3.10. The van der Waals surface area contributed by atoms with Gasteiger partial charge in [-0.05, 0) is 39.3 Å². The van der Waals surface area contributed by atoms with Gasteiger partial charge < -0.3 is 19.3 Å². The first-order valence-electron chi connectivity index (χ1n) is 10.2. The van der Waals surface area contributed by atoms with Crippen LogP contribution in [0.4, 0.5) is 22.4 Å². The van der Waals surface area contributed by atoms with E-state index in [-0.39, 0.29) is 43.9 Å². The molecule has 1 saturated heterocycles. The number of ether oxygens (including phenoxy) is 1. The number of amides is 1. The van der Waals surface area contributed by atoms with E-state index < -0.39 is 35.7 Å². The minimum absolute atomic E-state index is 0.110. The Hall–Kier alpha value is -2.69. The van der Waals surface area contributed by atoms with Gasteiger partial charge in [-0.3, -0.25) is 4.98 Å². The maximum atomic E-state index is 15.1. The standard InChI is InChI=1S/C21H26F4N4O3/c1-20(2,3)32-19(31)29-7-5-14(15(22)11-29)18-27-16(12-28(18)8-9-30)13-4-6-26-17(10-13)21(23,24)25/h4,6,10,12,14-15,30H,5,7-9,11H2,1-3H3/t14-,15+/m0/s1. The predicted molar refractivity (Wildman–Crippen MR) is 108 cm³/mol. The quantitative estimate of drug-likeness (QED) is 0.700. The number of pyridine rings is 1. The fraction of sp³-hybridized carbons (Fsp3) is 0.571. The van der Waals surface area contributed by atoms with Crippen LogP contribution >= 0.6 is 0 Å². The number of alkyl halides is 4. The fourth-order valence-electron chi connectivity index (χ4n) is 3.58. The number of carbonyl (C=O) groups is 1. The van der Waals surface area contributed by atoms with Gasteiger partial charge in [0.25, 0.3) is 0 Å². The Bertz CT molecular complexity index is 955. The number of imidazole rings is 1. The van der Waals surface area contributed by atoms with Crippen LogP contribution in [0.15, 0.2) is 24.5 Å². The average molecular weight is 458 g/mol. The molecule has 0 unspecified atom stereocenters. The summed E-state index contributed by atoms with van der Waals surface area (Å²) < 4.78 is 61.0. The Morgan fingerprint density at radius 1 is 1.31 bits per heavy atom. The summed E-state index contributed by atoms with van der Waals surface area (Å²) in [4.78, 5) is 21.3. The third-order valence-electron chi connectivity index (χ3n) is 5.02. The Labute approximate surface area is 183 Å². The van der Waals surface area contributed by atoms with Crippen LogP contribution in [0.3, 0.4) is 0 Å². The predicted octanol–water partition coefficient (Wildman–Crippen LogP) is 4.02. The number of rotatable bonds is 4. The summed E-state index contributed by atoms with van der Waals surface area (Å²) in [5, 5.41) is 9.39. The van der Waals surface area contributed by atoms with Crippen LogP contribution in [0.25, 0.3) is 11.3 Å². The van der Waals surface area contributed by atoms with Crippen molar-refractivity contribution in [2.75, 3.05) is 19.7 Å². The van der Waals surface area contributed by atoms with Crippen molar-refractivity contribution in [3.8, 4) is 11.3 Å². The van der Waals surface area contributed by atoms with Crippen LogP contribution in [-0.2, 0) is 17.5 Å². The normalized spacial score (nSPS) is 19.8. The third kappa shape index (κ3) is 5.56. The second kappa shape index (κ2) is 9.05.